The zero-order valence-corrected chi connectivity index (χ0v) is 16.3. The Morgan fingerprint density at radius 1 is 1.00 bits per heavy atom. The van der Waals surface area contributed by atoms with Crippen LogP contribution in [0.3, 0.4) is 0 Å². The number of likely N-dealkylation sites (tertiary alicyclic amines) is 1. The third kappa shape index (κ3) is 4.50. The molecule has 1 aliphatic heterocycles. The minimum Gasteiger partial charge on any atom is -0.298 e. The van der Waals surface area contributed by atoms with Gasteiger partial charge >= 0.3 is 0 Å². The van der Waals surface area contributed by atoms with Crippen molar-refractivity contribution in [3.05, 3.63) is 64.0 Å². The summed E-state index contributed by atoms with van der Waals surface area (Å²) in [4.78, 5) is 12.4. The van der Waals surface area contributed by atoms with Crippen LogP contribution in [0.4, 0.5) is 0 Å². The van der Waals surface area contributed by atoms with Gasteiger partial charge in [-0.3, -0.25) is 14.8 Å². The monoisotopic (exact) mass is 365 g/mol. The molecule has 0 spiro atoms. The number of hydrogen-bond acceptors (Lipinski definition) is 4. The molecule has 136 valence electrons. The third-order valence-corrected chi connectivity index (χ3v) is 6.15. The number of rotatable bonds is 6. The predicted molar refractivity (Wildman–Crippen MR) is 110 cm³/mol. The Balaban J connectivity index is 1.34. The first-order chi connectivity index (χ1) is 12.8. The zero-order chi connectivity index (χ0) is 17.8. The van der Waals surface area contributed by atoms with Crippen LogP contribution in [0.1, 0.15) is 34.6 Å². The van der Waals surface area contributed by atoms with Crippen LogP contribution < -0.4 is 0 Å². The first kappa shape index (κ1) is 17.7. The van der Waals surface area contributed by atoms with Gasteiger partial charge in [-0.2, -0.15) is 0 Å². The molecule has 4 rings (SSSR count). The third-order valence-electron chi connectivity index (χ3n) is 5.09. The largest absolute Gasteiger partial charge is 0.298 e. The van der Waals surface area contributed by atoms with Crippen LogP contribution in [0.5, 0.6) is 0 Å². The molecule has 0 bridgehead atoms. The summed E-state index contributed by atoms with van der Waals surface area (Å²) in [6, 6.07) is 15.4. The van der Waals surface area contributed by atoms with E-state index in [4.69, 9.17) is 0 Å². The van der Waals surface area contributed by atoms with Crippen molar-refractivity contribution in [2.75, 3.05) is 20.1 Å². The lowest BCUT2D eigenvalue weighted by molar-refractivity contribution is 0.222. The predicted octanol–water partition coefficient (Wildman–Crippen LogP) is 4.91. The fraction of sp³-hybridized carbons (Fsp3) is 0.409. The average molecular weight is 366 g/mol. The molecular formula is C22H27N3S. The van der Waals surface area contributed by atoms with E-state index >= 15 is 0 Å². The lowest BCUT2D eigenvalue weighted by atomic mass is 10.1. The molecule has 1 aliphatic rings. The summed E-state index contributed by atoms with van der Waals surface area (Å²) in [5, 5.41) is 1.22. The summed E-state index contributed by atoms with van der Waals surface area (Å²) in [5.41, 5.74) is 2.41. The van der Waals surface area contributed by atoms with E-state index in [0.29, 0.717) is 0 Å². The Bertz CT molecular complexity index is 851. The van der Waals surface area contributed by atoms with E-state index in [0.717, 1.165) is 25.2 Å². The van der Waals surface area contributed by atoms with Crippen LogP contribution >= 0.6 is 11.3 Å². The van der Waals surface area contributed by atoms with E-state index in [1.54, 1.807) is 0 Å². The second-order valence-corrected chi connectivity index (χ2v) is 8.66. The quantitative estimate of drug-likeness (QED) is 0.618. The number of piperidine rings is 1. The number of hydrogen-bond donors (Lipinski definition) is 0. The van der Waals surface area contributed by atoms with E-state index in [-0.39, 0.29) is 0 Å². The number of fused-ring (bicyclic) bond motifs is 1. The highest BCUT2D eigenvalue weighted by molar-refractivity contribution is 7.11. The maximum atomic E-state index is 4.40. The SMILES string of the molecule is CN(Cc1ccc2ncccc2c1)Cc1ccc(CN2CCCCC2)s1. The molecule has 0 amide bonds. The van der Waals surface area contributed by atoms with E-state index in [1.165, 1.54) is 53.1 Å². The summed E-state index contributed by atoms with van der Waals surface area (Å²) >= 11 is 1.97. The molecule has 0 unspecified atom stereocenters. The first-order valence-corrected chi connectivity index (χ1v) is 10.4. The number of thiophene rings is 1. The molecule has 3 heterocycles. The molecule has 0 atom stereocenters. The second kappa shape index (κ2) is 8.30. The normalized spacial score (nSPS) is 15.8. The van der Waals surface area contributed by atoms with Gasteiger partial charge in [0.15, 0.2) is 0 Å². The molecule has 0 N–H and O–H groups in total. The van der Waals surface area contributed by atoms with Crippen molar-refractivity contribution in [1.82, 2.24) is 14.8 Å². The minimum absolute atomic E-state index is 0.962. The van der Waals surface area contributed by atoms with Crippen LogP contribution in [0.2, 0.25) is 0 Å². The van der Waals surface area contributed by atoms with E-state index < -0.39 is 0 Å². The van der Waals surface area contributed by atoms with Gasteiger partial charge in [-0.15, -0.1) is 11.3 Å². The Morgan fingerprint density at radius 3 is 2.73 bits per heavy atom. The summed E-state index contributed by atoms with van der Waals surface area (Å²) in [7, 11) is 2.21. The Hall–Kier alpha value is -1.75. The average Bonchev–Trinajstić information content (AvgIpc) is 3.09. The lowest BCUT2D eigenvalue weighted by Gasteiger charge is -2.25. The Morgan fingerprint density at radius 2 is 1.85 bits per heavy atom. The van der Waals surface area contributed by atoms with Gasteiger partial charge < -0.3 is 0 Å². The van der Waals surface area contributed by atoms with Crippen molar-refractivity contribution >= 4 is 22.2 Å². The molecule has 26 heavy (non-hydrogen) atoms. The molecule has 0 aliphatic carbocycles. The summed E-state index contributed by atoms with van der Waals surface area (Å²) in [6.07, 6.45) is 5.98. The number of nitrogens with zero attached hydrogens (tertiary/aromatic N) is 3. The molecule has 0 radical (unpaired) electrons. The highest BCUT2D eigenvalue weighted by Crippen LogP contribution is 2.22. The van der Waals surface area contributed by atoms with Crippen LogP contribution in [-0.4, -0.2) is 34.9 Å². The molecule has 1 aromatic carbocycles. The van der Waals surface area contributed by atoms with Gasteiger partial charge in [-0.05, 0) is 68.9 Å². The zero-order valence-electron chi connectivity index (χ0n) is 15.5. The van der Waals surface area contributed by atoms with Crippen molar-refractivity contribution < 1.29 is 0 Å². The maximum Gasteiger partial charge on any atom is 0.0702 e. The molecule has 1 fully saturated rings. The summed E-state index contributed by atoms with van der Waals surface area (Å²) < 4.78 is 0. The summed E-state index contributed by atoms with van der Waals surface area (Å²) in [6.45, 7) is 5.64. The Labute approximate surface area is 160 Å². The highest BCUT2D eigenvalue weighted by Gasteiger charge is 2.12. The second-order valence-electron chi connectivity index (χ2n) is 7.41. The van der Waals surface area contributed by atoms with E-state index in [9.17, 15) is 0 Å². The molecule has 1 saturated heterocycles. The smallest absolute Gasteiger partial charge is 0.0702 e. The van der Waals surface area contributed by atoms with Crippen molar-refractivity contribution in [3.8, 4) is 0 Å². The Kier molecular flexibility index (Phi) is 5.63. The first-order valence-electron chi connectivity index (χ1n) is 9.58. The van der Waals surface area contributed by atoms with Crippen LogP contribution in [0, 0.1) is 0 Å². The standard InChI is InChI=1S/C22H27N3S/c1-24(15-18-7-10-22-19(14-18)6-5-11-23-22)16-20-8-9-21(26-20)17-25-12-3-2-4-13-25/h5-11,14H,2-4,12-13,15-17H2,1H3. The van der Waals surface area contributed by atoms with E-state index in [1.807, 2.05) is 23.6 Å². The van der Waals surface area contributed by atoms with Gasteiger partial charge in [-0.25, -0.2) is 0 Å². The van der Waals surface area contributed by atoms with Gasteiger partial charge in [-0.1, -0.05) is 18.6 Å². The van der Waals surface area contributed by atoms with Gasteiger partial charge in [0.05, 0.1) is 5.52 Å². The van der Waals surface area contributed by atoms with Crippen LogP contribution in [0.25, 0.3) is 10.9 Å². The van der Waals surface area contributed by atoms with Crippen LogP contribution in [-0.2, 0) is 19.6 Å². The molecule has 4 heteroatoms. The van der Waals surface area contributed by atoms with Crippen molar-refractivity contribution in [2.24, 2.45) is 0 Å². The fourth-order valence-electron chi connectivity index (χ4n) is 3.79. The van der Waals surface area contributed by atoms with Crippen LogP contribution in [0.15, 0.2) is 48.7 Å². The molecule has 0 saturated carbocycles. The molecule has 2 aromatic heterocycles. The molecular weight excluding hydrogens is 338 g/mol. The minimum atomic E-state index is 0.962. The molecule has 3 nitrogen and oxygen atoms in total. The number of aromatic nitrogens is 1. The van der Waals surface area contributed by atoms with Gasteiger partial charge in [0.25, 0.3) is 0 Å². The van der Waals surface area contributed by atoms with E-state index in [2.05, 4.69) is 58.2 Å². The van der Waals surface area contributed by atoms with Crippen molar-refractivity contribution in [3.63, 3.8) is 0 Å². The maximum absolute atomic E-state index is 4.40. The fourth-order valence-corrected chi connectivity index (χ4v) is 4.93. The van der Waals surface area contributed by atoms with Gasteiger partial charge in [0, 0.05) is 41.0 Å². The van der Waals surface area contributed by atoms with Crippen molar-refractivity contribution in [1.29, 1.82) is 0 Å². The topological polar surface area (TPSA) is 19.4 Å². The number of pyridine rings is 1. The highest BCUT2D eigenvalue weighted by atomic mass is 32.1. The summed E-state index contributed by atoms with van der Waals surface area (Å²) in [5.74, 6) is 0. The van der Waals surface area contributed by atoms with Crippen molar-refractivity contribution in [2.45, 2.75) is 38.9 Å². The lowest BCUT2D eigenvalue weighted by Crippen LogP contribution is -2.28. The van der Waals surface area contributed by atoms with Gasteiger partial charge in [0.1, 0.15) is 0 Å². The van der Waals surface area contributed by atoms with Gasteiger partial charge in [0.2, 0.25) is 0 Å². The number of benzene rings is 1. The molecule has 3 aromatic rings.